The highest BCUT2D eigenvalue weighted by Gasteiger charge is 2.20. The van der Waals surface area contributed by atoms with Crippen molar-refractivity contribution in [1.29, 1.82) is 0 Å². The number of nitrogens with two attached hydrogens (primary N) is 1. The number of aliphatic hydroxyl groups is 1. The van der Waals surface area contributed by atoms with E-state index in [1.165, 1.54) is 24.3 Å². The second kappa shape index (κ2) is 6.50. The predicted octanol–water partition coefficient (Wildman–Crippen LogP) is -0.649. The quantitative estimate of drug-likeness (QED) is 0.543. The van der Waals surface area contributed by atoms with Gasteiger partial charge in [-0.25, -0.2) is 4.79 Å². The average molecular weight is 266 g/mol. The number of rotatable bonds is 6. The van der Waals surface area contributed by atoms with Gasteiger partial charge in [-0.05, 0) is 18.2 Å². The Kier molecular flexibility index (Phi) is 5.01. The normalized spacial score (nSPS) is 11.6. The number of carboxylic acids is 1. The third-order valence-corrected chi connectivity index (χ3v) is 2.43. The average Bonchev–Trinajstić information content (AvgIpc) is 2.38. The minimum atomic E-state index is -1.24. The number of carbonyl (C=O) groups is 3. The van der Waals surface area contributed by atoms with E-state index in [1.807, 2.05) is 0 Å². The Morgan fingerprint density at radius 1 is 1.26 bits per heavy atom. The summed E-state index contributed by atoms with van der Waals surface area (Å²) in [7, 11) is 0. The predicted molar refractivity (Wildman–Crippen MR) is 65.6 cm³/mol. The van der Waals surface area contributed by atoms with Gasteiger partial charge in [-0.1, -0.05) is 6.07 Å². The van der Waals surface area contributed by atoms with Crippen molar-refractivity contribution in [3.63, 3.8) is 0 Å². The molecule has 7 nitrogen and oxygen atoms in total. The van der Waals surface area contributed by atoms with E-state index in [-0.39, 0.29) is 24.2 Å². The Hall–Kier alpha value is -2.41. The number of amides is 2. The molecule has 0 saturated heterocycles. The topological polar surface area (TPSA) is 130 Å². The van der Waals surface area contributed by atoms with Gasteiger partial charge in [-0.2, -0.15) is 0 Å². The maximum Gasteiger partial charge on any atom is 0.326 e. The molecule has 1 aromatic rings. The van der Waals surface area contributed by atoms with Gasteiger partial charge in [0, 0.05) is 24.2 Å². The van der Waals surface area contributed by atoms with Gasteiger partial charge in [-0.3, -0.25) is 9.59 Å². The van der Waals surface area contributed by atoms with Gasteiger partial charge in [-0.15, -0.1) is 0 Å². The van der Waals surface area contributed by atoms with Gasteiger partial charge in [0.15, 0.2) is 0 Å². The molecule has 7 heteroatoms. The Bertz CT molecular complexity index is 501. The summed E-state index contributed by atoms with van der Waals surface area (Å²) in [4.78, 5) is 33.6. The van der Waals surface area contributed by atoms with Crippen LogP contribution in [0.1, 0.15) is 27.1 Å². The highest BCUT2D eigenvalue weighted by atomic mass is 16.4. The van der Waals surface area contributed by atoms with Crippen molar-refractivity contribution in [2.45, 2.75) is 12.5 Å². The van der Waals surface area contributed by atoms with Crippen LogP contribution in [0, 0.1) is 0 Å². The van der Waals surface area contributed by atoms with Crippen molar-refractivity contribution in [2.75, 3.05) is 6.61 Å². The van der Waals surface area contributed by atoms with Crippen molar-refractivity contribution in [1.82, 2.24) is 5.32 Å². The first-order chi connectivity index (χ1) is 8.95. The van der Waals surface area contributed by atoms with Crippen molar-refractivity contribution < 1.29 is 24.6 Å². The maximum atomic E-state index is 11.8. The van der Waals surface area contributed by atoms with Crippen LogP contribution in [0.3, 0.4) is 0 Å². The molecule has 0 saturated carbocycles. The molecule has 1 aromatic carbocycles. The van der Waals surface area contributed by atoms with E-state index in [4.69, 9.17) is 15.9 Å². The Labute approximate surface area is 109 Å². The number of primary amides is 1. The lowest BCUT2D eigenvalue weighted by molar-refractivity contribution is -0.139. The zero-order valence-electron chi connectivity index (χ0n) is 10.00. The van der Waals surface area contributed by atoms with Crippen LogP contribution in [-0.2, 0) is 4.79 Å². The lowest BCUT2D eigenvalue weighted by atomic mass is 10.1. The smallest absolute Gasteiger partial charge is 0.326 e. The third-order valence-electron chi connectivity index (χ3n) is 2.43. The molecule has 1 rings (SSSR count). The lowest BCUT2D eigenvalue weighted by Gasteiger charge is -2.13. The van der Waals surface area contributed by atoms with Crippen LogP contribution in [-0.4, -0.2) is 40.6 Å². The molecule has 0 unspecified atom stereocenters. The molecule has 2 amide bonds. The maximum absolute atomic E-state index is 11.8. The van der Waals surface area contributed by atoms with Crippen LogP contribution in [0.5, 0.6) is 0 Å². The van der Waals surface area contributed by atoms with Crippen LogP contribution >= 0.6 is 0 Å². The van der Waals surface area contributed by atoms with Crippen molar-refractivity contribution in [2.24, 2.45) is 5.73 Å². The molecule has 102 valence electrons. The van der Waals surface area contributed by atoms with Crippen LogP contribution in [0.2, 0.25) is 0 Å². The Balaban J connectivity index is 2.85. The van der Waals surface area contributed by atoms with E-state index in [0.29, 0.717) is 0 Å². The van der Waals surface area contributed by atoms with E-state index >= 15 is 0 Å². The second-order valence-corrected chi connectivity index (χ2v) is 3.82. The van der Waals surface area contributed by atoms with Crippen LogP contribution < -0.4 is 11.1 Å². The molecule has 5 N–H and O–H groups in total. The zero-order valence-corrected chi connectivity index (χ0v) is 10.00. The first kappa shape index (κ1) is 14.7. The van der Waals surface area contributed by atoms with Gasteiger partial charge in [0.05, 0.1) is 0 Å². The fourth-order valence-electron chi connectivity index (χ4n) is 1.44. The summed E-state index contributed by atoms with van der Waals surface area (Å²) < 4.78 is 0. The number of hydrogen-bond acceptors (Lipinski definition) is 4. The molecule has 0 aromatic heterocycles. The summed E-state index contributed by atoms with van der Waals surface area (Å²) in [5.41, 5.74) is 5.36. The Morgan fingerprint density at radius 3 is 2.42 bits per heavy atom. The molecular weight excluding hydrogens is 252 g/mol. The SMILES string of the molecule is NC(=O)c1cccc(C(=O)N[C@H](CCO)C(=O)O)c1. The molecule has 0 bridgehead atoms. The van der Waals surface area contributed by atoms with Crippen LogP contribution in [0.15, 0.2) is 24.3 Å². The first-order valence-corrected chi connectivity index (χ1v) is 5.50. The van der Waals surface area contributed by atoms with E-state index in [1.54, 1.807) is 0 Å². The number of benzene rings is 1. The summed E-state index contributed by atoms with van der Waals surface area (Å²) in [6.45, 7) is -0.363. The van der Waals surface area contributed by atoms with E-state index in [2.05, 4.69) is 5.32 Å². The third kappa shape index (κ3) is 4.07. The molecule has 1 atom stereocenters. The van der Waals surface area contributed by atoms with Gasteiger partial charge < -0.3 is 21.3 Å². The summed E-state index contributed by atoms with van der Waals surface area (Å²) in [6.07, 6.45) is -0.101. The number of carbonyl (C=O) groups excluding carboxylic acids is 2. The molecule has 19 heavy (non-hydrogen) atoms. The fraction of sp³-hybridized carbons (Fsp3) is 0.250. The monoisotopic (exact) mass is 266 g/mol. The van der Waals surface area contributed by atoms with Crippen molar-refractivity contribution >= 4 is 17.8 Å². The minimum Gasteiger partial charge on any atom is -0.480 e. The number of aliphatic hydroxyl groups excluding tert-OH is 1. The summed E-state index contributed by atoms with van der Waals surface area (Å²) in [5, 5.41) is 19.8. The van der Waals surface area contributed by atoms with Crippen molar-refractivity contribution in [3.8, 4) is 0 Å². The molecule has 0 aliphatic rings. The highest BCUT2D eigenvalue weighted by Crippen LogP contribution is 2.05. The van der Waals surface area contributed by atoms with E-state index < -0.39 is 23.8 Å². The largest absolute Gasteiger partial charge is 0.480 e. The fourth-order valence-corrected chi connectivity index (χ4v) is 1.44. The van der Waals surface area contributed by atoms with Crippen LogP contribution in [0.25, 0.3) is 0 Å². The molecule has 0 heterocycles. The van der Waals surface area contributed by atoms with E-state index in [0.717, 1.165) is 0 Å². The summed E-state index contributed by atoms with van der Waals surface area (Å²) in [5.74, 6) is -2.57. The number of nitrogens with one attached hydrogen (secondary N) is 1. The zero-order chi connectivity index (χ0) is 14.4. The number of carboxylic acid groups (broad SMARTS) is 1. The second-order valence-electron chi connectivity index (χ2n) is 3.82. The number of aliphatic carboxylic acids is 1. The summed E-state index contributed by atoms with van der Waals surface area (Å²) in [6, 6.07) is 4.43. The van der Waals surface area contributed by atoms with Gasteiger partial charge in [0.2, 0.25) is 5.91 Å². The van der Waals surface area contributed by atoms with Gasteiger partial charge >= 0.3 is 5.97 Å². The van der Waals surface area contributed by atoms with E-state index in [9.17, 15) is 14.4 Å². The molecule has 0 aliphatic heterocycles. The summed E-state index contributed by atoms with van der Waals surface area (Å²) >= 11 is 0. The minimum absolute atomic E-state index is 0.101. The highest BCUT2D eigenvalue weighted by molar-refractivity contribution is 6.00. The van der Waals surface area contributed by atoms with Crippen LogP contribution in [0.4, 0.5) is 0 Å². The standard InChI is InChI=1S/C12H14N2O5/c13-10(16)7-2-1-3-8(6-7)11(17)14-9(4-5-15)12(18)19/h1-3,6,9,15H,4-5H2,(H2,13,16)(H,14,17)(H,18,19)/t9-/m1/s1. The Morgan fingerprint density at radius 2 is 1.89 bits per heavy atom. The van der Waals surface area contributed by atoms with Gasteiger partial charge in [0.1, 0.15) is 6.04 Å². The first-order valence-electron chi connectivity index (χ1n) is 5.50. The molecule has 0 aliphatic carbocycles. The molecule has 0 radical (unpaired) electrons. The molecular formula is C12H14N2O5. The molecule has 0 fully saturated rings. The molecule has 0 spiro atoms. The van der Waals surface area contributed by atoms with Gasteiger partial charge in [0.25, 0.3) is 5.91 Å². The lowest BCUT2D eigenvalue weighted by Crippen LogP contribution is -2.41. The number of hydrogen-bond donors (Lipinski definition) is 4. The van der Waals surface area contributed by atoms with Crippen molar-refractivity contribution in [3.05, 3.63) is 35.4 Å².